The van der Waals surface area contributed by atoms with E-state index in [1.807, 2.05) is 29.7 Å². The number of hydrogen-bond donors (Lipinski definition) is 0. The van der Waals surface area contributed by atoms with Crippen LogP contribution in [0.5, 0.6) is 0 Å². The highest BCUT2D eigenvalue weighted by molar-refractivity contribution is 5.94. The van der Waals surface area contributed by atoms with E-state index in [-0.39, 0.29) is 5.97 Å². The molecule has 0 atom stereocenters. The van der Waals surface area contributed by atoms with Crippen LogP contribution in [0.1, 0.15) is 24.3 Å². The van der Waals surface area contributed by atoms with Crippen molar-refractivity contribution in [2.45, 2.75) is 20.4 Å². The number of pyridine rings is 1. The summed E-state index contributed by atoms with van der Waals surface area (Å²) in [4.78, 5) is 16.0. The van der Waals surface area contributed by atoms with E-state index >= 15 is 0 Å². The molecule has 0 aromatic carbocycles. The van der Waals surface area contributed by atoms with Crippen molar-refractivity contribution in [1.82, 2.24) is 9.55 Å². The zero-order chi connectivity index (χ0) is 11.5. The van der Waals surface area contributed by atoms with Crippen LogP contribution >= 0.6 is 0 Å². The van der Waals surface area contributed by atoms with E-state index in [2.05, 4.69) is 4.98 Å². The van der Waals surface area contributed by atoms with Crippen molar-refractivity contribution in [2.24, 2.45) is 0 Å². The quantitative estimate of drug-likeness (QED) is 0.742. The third-order valence-corrected chi connectivity index (χ3v) is 2.46. The lowest BCUT2D eigenvalue weighted by molar-refractivity contribution is 0.0514. The molecular weight excluding hydrogens is 204 g/mol. The van der Waals surface area contributed by atoms with E-state index in [9.17, 15) is 4.79 Å². The largest absolute Gasteiger partial charge is 0.461 e. The molecular formula is C12H14N2O2. The summed E-state index contributed by atoms with van der Waals surface area (Å²) in [6, 6.07) is 5.62. The fourth-order valence-corrected chi connectivity index (χ4v) is 1.78. The van der Waals surface area contributed by atoms with Crippen molar-refractivity contribution in [2.75, 3.05) is 6.61 Å². The molecule has 2 aromatic heterocycles. The molecule has 0 aliphatic carbocycles. The molecule has 0 unspecified atom stereocenters. The average molecular weight is 218 g/mol. The van der Waals surface area contributed by atoms with Gasteiger partial charge in [0, 0.05) is 18.1 Å². The molecule has 0 aliphatic heterocycles. The standard InChI is InChI=1S/C12H14N2O2/c1-3-14-10(12(15)16-4-2)8-9-6-5-7-13-11(9)14/h5-8H,3-4H2,1-2H3. The average Bonchev–Trinajstić information content (AvgIpc) is 2.67. The number of fused-ring (bicyclic) bond motifs is 1. The molecule has 84 valence electrons. The van der Waals surface area contributed by atoms with E-state index < -0.39 is 0 Å². The number of nitrogens with zero attached hydrogens (tertiary/aromatic N) is 2. The van der Waals surface area contributed by atoms with E-state index in [4.69, 9.17) is 4.74 Å². The minimum Gasteiger partial charge on any atom is -0.461 e. The number of ether oxygens (including phenoxy) is 1. The number of carbonyl (C=O) groups excluding carboxylic acids is 1. The highest BCUT2D eigenvalue weighted by Gasteiger charge is 2.15. The van der Waals surface area contributed by atoms with Crippen molar-refractivity contribution < 1.29 is 9.53 Å². The molecule has 0 N–H and O–H groups in total. The number of carbonyl (C=O) groups is 1. The van der Waals surface area contributed by atoms with Gasteiger partial charge in [0.2, 0.25) is 0 Å². The molecule has 0 spiro atoms. The molecule has 0 aliphatic rings. The van der Waals surface area contributed by atoms with Gasteiger partial charge in [-0.15, -0.1) is 0 Å². The Kier molecular flexibility index (Phi) is 2.90. The number of rotatable bonds is 3. The third kappa shape index (κ3) is 1.66. The lowest BCUT2D eigenvalue weighted by atomic mass is 10.3. The topological polar surface area (TPSA) is 44.1 Å². The monoisotopic (exact) mass is 218 g/mol. The molecule has 0 fully saturated rings. The van der Waals surface area contributed by atoms with Crippen LogP contribution in [0.3, 0.4) is 0 Å². The Labute approximate surface area is 93.9 Å². The highest BCUT2D eigenvalue weighted by Crippen LogP contribution is 2.18. The van der Waals surface area contributed by atoms with Gasteiger partial charge >= 0.3 is 5.97 Å². The van der Waals surface area contributed by atoms with E-state index in [1.54, 1.807) is 13.1 Å². The van der Waals surface area contributed by atoms with Gasteiger partial charge in [0.25, 0.3) is 0 Å². The first-order valence-electron chi connectivity index (χ1n) is 5.39. The van der Waals surface area contributed by atoms with Gasteiger partial charge in [-0.05, 0) is 32.0 Å². The molecule has 0 bridgehead atoms. The van der Waals surface area contributed by atoms with Crippen molar-refractivity contribution in [1.29, 1.82) is 0 Å². The molecule has 16 heavy (non-hydrogen) atoms. The smallest absolute Gasteiger partial charge is 0.355 e. The SMILES string of the molecule is CCOC(=O)c1cc2cccnc2n1CC. The zero-order valence-electron chi connectivity index (χ0n) is 9.43. The number of aromatic nitrogens is 2. The molecule has 2 rings (SSSR count). The minimum absolute atomic E-state index is 0.289. The maximum atomic E-state index is 11.7. The molecule has 2 aromatic rings. The van der Waals surface area contributed by atoms with Crippen LogP contribution in [0.25, 0.3) is 11.0 Å². The Bertz CT molecular complexity index is 517. The lowest BCUT2D eigenvalue weighted by Gasteiger charge is -2.05. The van der Waals surface area contributed by atoms with Crippen molar-refractivity contribution in [3.63, 3.8) is 0 Å². The summed E-state index contributed by atoms with van der Waals surface area (Å²) in [5, 5.41) is 0.965. The lowest BCUT2D eigenvalue weighted by Crippen LogP contribution is -2.11. The first kappa shape index (κ1) is 10.7. The predicted molar refractivity (Wildman–Crippen MR) is 61.4 cm³/mol. The molecule has 0 radical (unpaired) electrons. The van der Waals surface area contributed by atoms with Gasteiger partial charge in [-0.3, -0.25) is 0 Å². The van der Waals surface area contributed by atoms with Crippen molar-refractivity contribution in [3.8, 4) is 0 Å². The predicted octanol–water partition coefficient (Wildman–Crippen LogP) is 2.23. The van der Waals surface area contributed by atoms with Gasteiger partial charge in [0.1, 0.15) is 11.3 Å². The molecule has 2 heterocycles. The maximum Gasteiger partial charge on any atom is 0.355 e. The molecule has 0 amide bonds. The first-order valence-corrected chi connectivity index (χ1v) is 5.39. The Balaban J connectivity index is 2.56. The summed E-state index contributed by atoms with van der Waals surface area (Å²) in [5.41, 5.74) is 1.39. The fourth-order valence-electron chi connectivity index (χ4n) is 1.78. The summed E-state index contributed by atoms with van der Waals surface area (Å²) in [6.45, 7) is 4.87. The van der Waals surface area contributed by atoms with E-state index in [0.717, 1.165) is 11.0 Å². The Morgan fingerprint density at radius 3 is 3.00 bits per heavy atom. The van der Waals surface area contributed by atoms with Gasteiger partial charge in [-0.2, -0.15) is 0 Å². The Hall–Kier alpha value is -1.84. The van der Waals surface area contributed by atoms with Gasteiger partial charge < -0.3 is 9.30 Å². The van der Waals surface area contributed by atoms with Gasteiger partial charge in [-0.25, -0.2) is 9.78 Å². The van der Waals surface area contributed by atoms with Crippen LogP contribution in [-0.4, -0.2) is 22.1 Å². The van der Waals surface area contributed by atoms with E-state index in [0.29, 0.717) is 18.8 Å². The summed E-state index contributed by atoms with van der Waals surface area (Å²) in [6.07, 6.45) is 1.73. The highest BCUT2D eigenvalue weighted by atomic mass is 16.5. The van der Waals surface area contributed by atoms with Crippen LogP contribution in [0.2, 0.25) is 0 Å². The zero-order valence-corrected chi connectivity index (χ0v) is 9.43. The maximum absolute atomic E-state index is 11.7. The number of aryl methyl sites for hydroxylation is 1. The second-order valence-electron chi connectivity index (χ2n) is 3.41. The fraction of sp³-hybridized carbons (Fsp3) is 0.333. The second-order valence-corrected chi connectivity index (χ2v) is 3.41. The van der Waals surface area contributed by atoms with Crippen LogP contribution in [0, 0.1) is 0 Å². The third-order valence-electron chi connectivity index (χ3n) is 2.46. The summed E-state index contributed by atoms with van der Waals surface area (Å²) < 4.78 is 6.88. The van der Waals surface area contributed by atoms with Gasteiger partial charge in [0.15, 0.2) is 0 Å². The number of hydrogen-bond acceptors (Lipinski definition) is 3. The number of esters is 1. The van der Waals surface area contributed by atoms with Gasteiger partial charge in [-0.1, -0.05) is 0 Å². The molecule has 0 saturated heterocycles. The van der Waals surface area contributed by atoms with Crippen LogP contribution in [0.4, 0.5) is 0 Å². The van der Waals surface area contributed by atoms with Crippen LogP contribution in [-0.2, 0) is 11.3 Å². The molecule has 4 heteroatoms. The van der Waals surface area contributed by atoms with Crippen LogP contribution < -0.4 is 0 Å². The molecule has 4 nitrogen and oxygen atoms in total. The first-order chi connectivity index (χ1) is 7.77. The summed E-state index contributed by atoms with van der Waals surface area (Å²) in [5.74, 6) is -0.289. The van der Waals surface area contributed by atoms with E-state index in [1.165, 1.54) is 0 Å². The minimum atomic E-state index is -0.289. The molecule has 0 saturated carbocycles. The van der Waals surface area contributed by atoms with Crippen molar-refractivity contribution in [3.05, 3.63) is 30.1 Å². The van der Waals surface area contributed by atoms with Gasteiger partial charge in [0.05, 0.1) is 6.61 Å². The second kappa shape index (κ2) is 4.35. The van der Waals surface area contributed by atoms with Crippen LogP contribution in [0.15, 0.2) is 24.4 Å². The normalized spacial score (nSPS) is 10.6. The van der Waals surface area contributed by atoms with Crippen molar-refractivity contribution >= 4 is 17.0 Å². The summed E-state index contributed by atoms with van der Waals surface area (Å²) in [7, 11) is 0. The summed E-state index contributed by atoms with van der Waals surface area (Å²) >= 11 is 0. The Morgan fingerprint density at radius 1 is 1.50 bits per heavy atom. The Morgan fingerprint density at radius 2 is 2.31 bits per heavy atom.